The number of rotatable bonds is 63. The largest absolute Gasteiger partial charge is 0.466 e. The van der Waals surface area contributed by atoms with Crippen LogP contribution in [-0.2, 0) is 14.3 Å². The summed E-state index contributed by atoms with van der Waals surface area (Å²) >= 11 is 0. The standard InChI is InChI=1S/C67H131NO5/c1-3-5-7-9-11-13-14-15-16-35-38-41-45-49-53-57-61-67(72)73-62-58-54-50-46-42-39-36-33-31-29-27-25-23-21-19-17-18-20-22-24-26-28-30-32-34-37-40-44-48-52-56-60-66(71)68-64(63-69)65(70)59-55-51-47-43-12-10-8-6-4-2/h19,21,64-65,69-70H,3-18,20,22-63H2,1-2H3,(H,68,71)/b21-19-. The number of esters is 1. The highest BCUT2D eigenvalue weighted by atomic mass is 16.5. The van der Waals surface area contributed by atoms with Crippen molar-refractivity contribution in [3.05, 3.63) is 12.2 Å². The molecule has 0 aliphatic heterocycles. The first kappa shape index (κ1) is 71.6. The summed E-state index contributed by atoms with van der Waals surface area (Å²) < 4.78 is 5.50. The van der Waals surface area contributed by atoms with Gasteiger partial charge in [0.05, 0.1) is 25.4 Å². The van der Waals surface area contributed by atoms with Crippen LogP contribution in [0.2, 0.25) is 0 Å². The molecular formula is C67H131NO5. The number of nitrogens with one attached hydrogen (secondary N) is 1. The molecule has 0 aromatic carbocycles. The Morgan fingerprint density at radius 1 is 0.370 bits per heavy atom. The van der Waals surface area contributed by atoms with Crippen molar-refractivity contribution in [2.75, 3.05) is 13.2 Å². The van der Waals surface area contributed by atoms with Gasteiger partial charge in [-0.2, -0.15) is 0 Å². The van der Waals surface area contributed by atoms with Crippen LogP contribution in [-0.4, -0.2) is 47.4 Å². The van der Waals surface area contributed by atoms with E-state index in [9.17, 15) is 19.8 Å². The number of amides is 1. The zero-order valence-corrected chi connectivity index (χ0v) is 49.6. The molecule has 0 rings (SSSR count). The van der Waals surface area contributed by atoms with Crippen LogP contribution in [0, 0.1) is 0 Å². The van der Waals surface area contributed by atoms with Gasteiger partial charge in [-0.05, 0) is 51.4 Å². The fourth-order valence-electron chi connectivity index (χ4n) is 10.7. The van der Waals surface area contributed by atoms with Gasteiger partial charge < -0.3 is 20.3 Å². The highest BCUT2D eigenvalue weighted by Gasteiger charge is 2.20. The van der Waals surface area contributed by atoms with Gasteiger partial charge in [0.2, 0.25) is 5.91 Å². The van der Waals surface area contributed by atoms with Crippen molar-refractivity contribution in [3.8, 4) is 0 Å². The predicted molar refractivity (Wildman–Crippen MR) is 320 cm³/mol. The Kier molecular flexibility index (Phi) is 61.9. The number of hydrogen-bond acceptors (Lipinski definition) is 5. The molecule has 6 heteroatoms. The van der Waals surface area contributed by atoms with Crippen molar-refractivity contribution in [2.24, 2.45) is 0 Å². The number of aliphatic hydroxyl groups excluding tert-OH is 2. The molecule has 434 valence electrons. The summed E-state index contributed by atoms with van der Waals surface area (Å²) in [4.78, 5) is 24.5. The SMILES string of the molecule is CCCCCCCCCCCCCCCCCCC(=O)OCCCCCCCCCCCCCC/C=C\CCCCCCCCCCCCCCCCCC(=O)NC(CO)C(O)CCCCCCCCCCC. The van der Waals surface area contributed by atoms with Crippen LogP contribution in [0.5, 0.6) is 0 Å². The Hall–Kier alpha value is -1.40. The highest BCUT2D eigenvalue weighted by Crippen LogP contribution is 2.18. The van der Waals surface area contributed by atoms with Gasteiger partial charge in [-0.25, -0.2) is 0 Å². The third-order valence-electron chi connectivity index (χ3n) is 15.8. The van der Waals surface area contributed by atoms with E-state index in [0.29, 0.717) is 25.9 Å². The average molecular weight is 1030 g/mol. The second-order valence-corrected chi connectivity index (χ2v) is 23.2. The van der Waals surface area contributed by atoms with Gasteiger partial charge >= 0.3 is 5.97 Å². The summed E-state index contributed by atoms with van der Waals surface area (Å²) in [6.45, 7) is 4.96. The lowest BCUT2D eigenvalue weighted by Gasteiger charge is -2.22. The molecule has 0 spiro atoms. The molecule has 0 aromatic rings. The van der Waals surface area contributed by atoms with Gasteiger partial charge in [0.25, 0.3) is 0 Å². The van der Waals surface area contributed by atoms with Gasteiger partial charge in [-0.1, -0.05) is 328 Å². The zero-order valence-electron chi connectivity index (χ0n) is 49.6. The Bertz CT molecular complexity index is 1100. The lowest BCUT2D eigenvalue weighted by atomic mass is 10.0. The minimum Gasteiger partial charge on any atom is -0.466 e. The van der Waals surface area contributed by atoms with Gasteiger partial charge in [0, 0.05) is 12.8 Å². The van der Waals surface area contributed by atoms with Crippen molar-refractivity contribution in [1.29, 1.82) is 0 Å². The normalized spacial score (nSPS) is 12.5. The quantitative estimate of drug-likeness (QED) is 0.0320. The molecule has 1 amide bonds. The maximum atomic E-state index is 12.4. The van der Waals surface area contributed by atoms with Crippen molar-refractivity contribution >= 4 is 11.9 Å². The van der Waals surface area contributed by atoms with Gasteiger partial charge in [0.15, 0.2) is 0 Å². The van der Waals surface area contributed by atoms with Crippen molar-refractivity contribution in [2.45, 2.75) is 392 Å². The molecule has 0 aliphatic carbocycles. The molecule has 0 saturated heterocycles. The lowest BCUT2D eigenvalue weighted by Crippen LogP contribution is -2.45. The topological polar surface area (TPSA) is 95.9 Å². The molecule has 0 saturated carbocycles. The fraction of sp³-hybridized carbons (Fsp3) is 0.940. The summed E-state index contributed by atoms with van der Waals surface area (Å²) in [7, 11) is 0. The molecular weight excluding hydrogens is 899 g/mol. The van der Waals surface area contributed by atoms with E-state index in [-0.39, 0.29) is 18.5 Å². The van der Waals surface area contributed by atoms with E-state index >= 15 is 0 Å². The van der Waals surface area contributed by atoms with Gasteiger partial charge in [-0.15, -0.1) is 0 Å². The van der Waals surface area contributed by atoms with E-state index in [0.717, 1.165) is 38.5 Å². The summed E-state index contributed by atoms with van der Waals surface area (Å²) in [5.41, 5.74) is 0. The molecule has 0 heterocycles. The number of aliphatic hydroxyl groups is 2. The Morgan fingerprint density at radius 3 is 0.973 bits per heavy atom. The minimum atomic E-state index is -0.659. The van der Waals surface area contributed by atoms with Crippen LogP contribution in [0.15, 0.2) is 12.2 Å². The first-order valence-corrected chi connectivity index (χ1v) is 33.4. The predicted octanol–water partition coefficient (Wildman–Crippen LogP) is 21.2. The molecule has 6 nitrogen and oxygen atoms in total. The molecule has 0 aliphatic rings. The van der Waals surface area contributed by atoms with Crippen LogP contribution >= 0.6 is 0 Å². The molecule has 2 unspecified atom stereocenters. The number of ether oxygens (including phenoxy) is 1. The van der Waals surface area contributed by atoms with Crippen molar-refractivity contribution in [3.63, 3.8) is 0 Å². The fourth-order valence-corrected chi connectivity index (χ4v) is 10.7. The number of carbonyl (C=O) groups is 2. The summed E-state index contributed by atoms with van der Waals surface area (Å²) in [6, 6.07) is -0.537. The second-order valence-electron chi connectivity index (χ2n) is 23.2. The molecule has 0 radical (unpaired) electrons. The van der Waals surface area contributed by atoms with Crippen LogP contribution in [0.3, 0.4) is 0 Å². The van der Waals surface area contributed by atoms with E-state index in [1.54, 1.807) is 0 Å². The molecule has 0 bridgehead atoms. The smallest absolute Gasteiger partial charge is 0.305 e. The maximum absolute atomic E-state index is 12.4. The number of unbranched alkanes of at least 4 members (excludes halogenated alkanes) is 50. The maximum Gasteiger partial charge on any atom is 0.305 e. The third kappa shape index (κ3) is 59.7. The second kappa shape index (κ2) is 63.1. The van der Waals surface area contributed by atoms with E-state index < -0.39 is 12.1 Å². The first-order chi connectivity index (χ1) is 36.0. The minimum absolute atomic E-state index is 0.0218. The van der Waals surface area contributed by atoms with E-state index in [4.69, 9.17) is 4.74 Å². The van der Waals surface area contributed by atoms with Gasteiger partial charge in [-0.3, -0.25) is 9.59 Å². The Balaban J connectivity index is 3.31. The summed E-state index contributed by atoms with van der Waals surface area (Å²) in [5.74, 6) is -0.0117. The molecule has 0 aromatic heterocycles. The van der Waals surface area contributed by atoms with Crippen molar-refractivity contribution < 1.29 is 24.5 Å². The Labute approximate surface area is 457 Å². The van der Waals surface area contributed by atoms with E-state index in [1.807, 2.05) is 0 Å². The van der Waals surface area contributed by atoms with E-state index in [2.05, 4.69) is 31.3 Å². The molecule has 73 heavy (non-hydrogen) atoms. The van der Waals surface area contributed by atoms with Crippen LogP contribution < -0.4 is 5.32 Å². The number of allylic oxidation sites excluding steroid dienone is 2. The van der Waals surface area contributed by atoms with E-state index in [1.165, 1.54) is 308 Å². The molecule has 0 fully saturated rings. The van der Waals surface area contributed by atoms with Gasteiger partial charge in [0.1, 0.15) is 0 Å². The monoisotopic (exact) mass is 1030 g/mol. The molecule has 3 N–H and O–H groups in total. The average Bonchev–Trinajstić information content (AvgIpc) is 3.39. The lowest BCUT2D eigenvalue weighted by molar-refractivity contribution is -0.143. The number of hydrogen-bond donors (Lipinski definition) is 3. The van der Waals surface area contributed by atoms with Crippen LogP contribution in [0.25, 0.3) is 0 Å². The zero-order chi connectivity index (χ0) is 52.9. The third-order valence-corrected chi connectivity index (χ3v) is 15.8. The summed E-state index contributed by atoms with van der Waals surface area (Å²) in [5, 5.41) is 23.1. The van der Waals surface area contributed by atoms with Crippen LogP contribution in [0.1, 0.15) is 380 Å². The molecule has 2 atom stereocenters. The highest BCUT2D eigenvalue weighted by molar-refractivity contribution is 5.76. The first-order valence-electron chi connectivity index (χ1n) is 33.4. The van der Waals surface area contributed by atoms with Crippen molar-refractivity contribution in [1.82, 2.24) is 5.32 Å². The number of carbonyl (C=O) groups excluding carboxylic acids is 2. The van der Waals surface area contributed by atoms with Crippen LogP contribution in [0.4, 0.5) is 0 Å². The Morgan fingerprint density at radius 2 is 0.644 bits per heavy atom. The summed E-state index contributed by atoms with van der Waals surface area (Å²) in [6.07, 6.45) is 77.0.